The number of fused-ring (bicyclic) bond motifs is 1. The van der Waals surface area contributed by atoms with E-state index in [-0.39, 0.29) is 18.5 Å². The molecule has 0 radical (unpaired) electrons. The molecule has 0 N–H and O–H groups in total. The highest BCUT2D eigenvalue weighted by Gasteiger charge is 2.57. The third-order valence-corrected chi connectivity index (χ3v) is 8.98. The molecular weight excluding hydrogens is 635 g/mol. The van der Waals surface area contributed by atoms with Crippen LogP contribution in [-0.2, 0) is 53.0 Å². The number of rotatable bonds is 13. The second-order valence-corrected chi connectivity index (χ2v) is 11.4. The number of hydrogen-bond acceptors (Lipinski definition) is 7. The van der Waals surface area contributed by atoms with Crippen molar-refractivity contribution < 1.29 is 33.2 Å². The second kappa shape index (κ2) is 14.7. The summed E-state index contributed by atoms with van der Waals surface area (Å²) in [7, 11) is 1.40. The van der Waals surface area contributed by atoms with E-state index in [0.717, 1.165) is 16.7 Å². The zero-order valence-corrected chi connectivity index (χ0v) is 25.4. The molecule has 0 bridgehead atoms. The second-order valence-electron chi connectivity index (χ2n) is 10.6. The van der Waals surface area contributed by atoms with Gasteiger partial charge in [0.25, 0.3) is 0 Å². The lowest BCUT2D eigenvalue weighted by atomic mass is 9.91. The molecule has 2 heterocycles. The molecule has 2 aliphatic rings. The Bertz CT molecular complexity index is 1210. The maximum atomic E-state index is 12.4. The van der Waals surface area contributed by atoms with Gasteiger partial charge >= 0.3 is 5.97 Å². The first-order chi connectivity index (χ1) is 20.1. The molecule has 6 atom stereocenters. The molecule has 3 aromatic rings. The van der Waals surface area contributed by atoms with Gasteiger partial charge in [0, 0.05) is 10.8 Å². The van der Waals surface area contributed by atoms with E-state index in [0.29, 0.717) is 37.3 Å². The molecule has 2 saturated heterocycles. The van der Waals surface area contributed by atoms with Crippen LogP contribution in [0.5, 0.6) is 0 Å². The average molecular weight is 673 g/mol. The topological polar surface area (TPSA) is 72.5 Å². The normalized spacial score (nSPS) is 27.3. The van der Waals surface area contributed by atoms with Crippen LogP contribution in [0.25, 0.3) is 0 Å². The van der Waals surface area contributed by atoms with Gasteiger partial charge in [-0.3, -0.25) is 4.79 Å². The molecule has 0 spiro atoms. The Labute approximate surface area is 255 Å². The highest BCUT2D eigenvalue weighted by Crippen LogP contribution is 2.44. The number of carbonyl (C=O) groups is 1. The monoisotopic (exact) mass is 672 g/mol. The van der Waals surface area contributed by atoms with Gasteiger partial charge in [0.15, 0.2) is 0 Å². The molecule has 3 aromatic carbocycles. The highest BCUT2D eigenvalue weighted by atomic mass is 127. The van der Waals surface area contributed by atoms with E-state index in [1.165, 1.54) is 7.11 Å². The quantitative estimate of drug-likeness (QED) is 0.132. The minimum Gasteiger partial charge on any atom is -0.469 e. The Balaban J connectivity index is 1.40. The van der Waals surface area contributed by atoms with Crippen LogP contribution >= 0.6 is 22.6 Å². The van der Waals surface area contributed by atoms with E-state index in [2.05, 4.69) is 22.6 Å². The van der Waals surface area contributed by atoms with Gasteiger partial charge in [0.1, 0.15) is 24.4 Å². The van der Waals surface area contributed by atoms with Crippen LogP contribution in [0, 0.1) is 0 Å². The van der Waals surface area contributed by atoms with Crippen molar-refractivity contribution in [1.82, 2.24) is 0 Å². The molecular formula is C33H37IO7. The van der Waals surface area contributed by atoms with E-state index in [4.69, 9.17) is 28.4 Å². The van der Waals surface area contributed by atoms with E-state index in [1.54, 1.807) is 0 Å². The van der Waals surface area contributed by atoms with Crippen LogP contribution in [0.15, 0.2) is 91.0 Å². The molecule has 41 heavy (non-hydrogen) atoms. The fourth-order valence-corrected chi connectivity index (χ4v) is 6.27. The maximum Gasteiger partial charge on any atom is 0.308 e. The van der Waals surface area contributed by atoms with Gasteiger partial charge in [0.05, 0.1) is 51.7 Å². The highest BCUT2D eigenvalue weighted by molar-refractivity contribution is 14.1. The fraction of sp³-hybridized carbons (Fsp3) is 0.424. The number of halogens is 1. The van der Waals surface area contributed by atoms with Crippen LogP contribution in [0.4, 0.5) is 0 Å². The summed E-state index contributed by atoms with van der Waals surface area (Å²) in [5, 5.41) is 0. The van der Waals surface area contributed by atoms with Crippen molar-refractivity contribution in [2.75, 3.05) is 18.1 Å². The number of benzene rings is 3. The predicted octanol–water partition coefficient (Wildman–Crippen LogP) is 5.67. The summed E-state index contributed by atoms with van der Waals surface area (Å²) in [6.07, 6.45) is -1.28. The summed E-state index contributed by atoms with van der Waals surface area (Å²) in [5.74, 6) is -0.304. The summed E-state index contributed by atoms with van der Waals surface area (Å²) in [6.45, 7) is 1.59. The van der Waals surface area contributed by atoms with Gasteiger partial charge in [-0.1, -0.05) is 114 Å². The molecule has 0 saturated carbocycles. The van der Waals surface area contributed by atoms with Crippen LogP contribution in [0.1, 0.15) is 29.5 Å². The van der Waals surface area contributed by atoms with E-state index >= 15 is 0 Å². The molecule has 7 nitrogen and oxygen atoms in total. The summed E-state index contributed by atoms with van der Waals surface area (Å²) < 4.78 is 38.4. The Morgan fingerprint density at radius 3 is 1.90 bits per heavy atom. The molecule has 0 aromatic heterocycles. The van der Waals surface area contributed by atoms with Gasteiger partial charge in [-0.05, 0) is 16.7 Å². The van der Waals surface area contributed by atoms with Crippen molar-refractivity contribution in [2.24, 2.45) is 0 Å². The number of ether oxygens (including phenoxy) is 6. The molecule has 1 unspecified atom stereocenters. The van der Waals surface area contributed by atoms with Crippen LogP contribution < -0.4 is 0 Å². The summed E-state index contributed by atoms with van der Waals surface area (Å²) in [5.41, 5.74) is 2.49. The van der Waals surface area contributed by atoms with Gasteiger partial charge in [-0.15, -0.1) is 0 Å². The first kappa shape index (κ1) is 30.1. The standard InChI is InChI=1S/C33H37IO7/c1-36-29(35)18-33(23-34)17-27-31(41-33)32(39-21-26-15-9-4-10-16-26)30(38-20-25-13-7-3-8-14-25)28(40-27)22-37-19-24-11-5-2-6-12-24/h2-16,27-28,30-32H,17-23H2,1H3/t27-,28-,30+,31+,32+,33?/m1/s1. The zero-order valence-electron chi connectivity index (χ0n) is 23.2. The summed E-state index contributed by atoms with van der Waals surface area (Å²) in [4.78, 5) is 12.4. The van der Waals surface area contributed by atoms with E-state index < -0.39 is 30.0 Å². The van der Waals surface area contributed by atoms with Crippen molar-refractivity contribution in [3.8, 4) is 0 Å². The molecule has 5 rings (SSSR count). The van der Waals surface area contributed by atoms with Gasteiger partial charge in [-0.2, -0.15) is 0 Å². The first-order valence-electron chi connectivity index (χ1n) is 14.0. The predicted molar refractivity (Wildman–Crippen MR) is 163 cm³/mol. The van der Waals surface area contributed by atoms with Crippen LogP contribution in [-0.4, -0.2) is 60.2 Å². The molecule has 218 valence electrons. The summed E-state index contributed by atoms with van der Waals surface area (Å²) >= 11 is 2.28. The number of alkyl halides is 1. The van der Waals surface area contributed by atoms with E-state index in [9.17, 15) is 4.79 Å². The Morgan fingerprint density at radius 2 is 1.37 bits per heavy atom. The third-order valence-electron chi connectivity index (χ3n) is 7.59. The Morgan fingerprint density at radius 1 is 0.829 bits per heavy atom. The number of hydrogen-bond donors (Lipinski definition) is 0. The Kier molecular flexibility index (Phi) is 10.8. The molecule has 0 amide bonds. The lowest BCUT2D eigenvalue weighted by Crippen LogP contribution is -2.59. The van der Waals surface area contributed by atoms with Crippen LogP contribution in [0.3, 0.4) is 0 Å². The maximum absolute atomic E-state index is 12.4. The number of esters is 1. The average Bonchev–Trinajstić information content (AvgIpc) is 3.38. The van der Waals surface area contributed by atoms with Gasteiger partial charge in [-0.25, -0.2) is 0 Å². The van der Waals surface area contributed by atoms with E-state index in [1.807, 2.05) is 91.0 Å². The van der Waals surface area contributed by atoms with Gasteiger partial charge in [0.2, 0.25) is 0 Å². The molecule has 2 fully saturated rings. The van der Waals surface area contributed by atoms with Crippen molar-refractivity contribution in [3.63, 3.8) is 0 Å². The summed E-state index contributed by atoms with van der Waals surface area (Å²) in [6, 6.07) is 30.2. The zero-order chi connectivity index (χ0) is 28.5. The smallest absolute Gasteiger partial charge is 0.308 e. The lowest BCUT2D eigenvalue weighted by Gasteiger charge is -2.43. The third kappa shape index (κ3) is 7.94. The number of methoxy groups -OCH3 is 1. The van der Waals surface area contributed by atoms with Crippen molar-refractivity contribution in [2.45, 2.75) is 68.8 Å². The SMILES string of the molecule is COC(=O)CC1(CI)C[C@H]2O[C@H](COCc3ccccc3)[C@H](OCc3ccccc3)[C@H](OCc3ccccc3)[C@H]2O1. The largest absolute Gasteiger partial charge is 0.469 e. The van der Waals surface area contributed by atoms with Crippen LogP contribution in [0.2, 0.25) is 0 Å². The van der Waals surface area contributed by atoms with Gasteiger partial charge < -0.3 is 28.4 Å². The fourth-order valence-electron chi connectivity index (χ4n) is 5.51. The minimum atomic E-state index is -0.707. The number of carbonyl (C=O) groups excluding carboxylic acids is 1. The van der Waals surface area contributed by atoms with Crippen molar-refractivity contribution in [1.29, 1.82) is 0 Å². The van der Waals surface area contributed by atoms with Crippen molar-refractivity contribution in [3.05, 3.63) is 108 Å². The lowest BCUT2D eigenvalue weighted by molar-refractivity contribution is -0.255. The van der Waals surface area contributed by atoms with Crippen molar-refractivity contribution >= 4 is 28.6 Å². The first-order valence-corrected chi connectivity index (χ1v) is 15.5. The molecule has 8 heteroatoms. The Hall–Kier alpha value is -2.34. The molecule has 2 aliphatic heterocycles. The molecule has 0 aliphatic carbocycles. The minimum absolute atomic E-state index is 0.152.